The van der Waals surface area contributed by atoms with Gasteiger partial charge >= 0.3 is 0 Å². The summed E-state index contributed by atoms with van der Waals surface area (Å²) in [6, 6.07) is 4.88. The lowest BCUT2D eigenvalue weighted by molar-refractivity contribution is 0.0794. The van der Waals surface area contributed by atoms with E-state index in [0.29, 0.717) is 18.2 Å². The predicted molar refractivity (Wildman–Crippen MR) is 93.7 cm³/mol. The van der Waals surface area contributed by atoms with Crippen LogP contribution in [-0.2, 0) is 6.54 Å². The van der Waals surface area contributed by atoms with Crippen LogP contribution in [0, 0.1) is 5.92 Å². The van der Waals surface area contributed by atoms with Gasteiger partial charge in [0, 0.05) is 33.3 Å². The van der Waals surface area contributed by atoms with Crippen LogP contribution in [0.1, 0.15) is 22.7 Å². The van der Waals surface area contributed by atoms with Crippen molar-refractivity contribution in [1.29, 1.82) is 0 Å². The molecule has 1 amide bonds. The SMILES string of the molecule is CN(C)C(=O)c1ccc(Cn2ncc(N3CC[C@@H](CN)C3)cc2=O)o1. The molecular weight excluding hydrogens is 322 g/mol. The molecule has 2 aromatic rings. The van der Waals surface area contributed by atoms with E-state index in [9.17, 15) is 9.59 Å². The van der Waals surface area contributed by atoms with Crippen molar-refractivity contribution in [1.82, 2.24) is 14.7 Å². The Morgan fingerprint density at radius 1 is 1.44 bits per heavy atom. The van der Waals surface area contributed by atoms with Crippen molar-refractivity contribution < 1.29 is 9.21 Å². The number of hydrogen-bond donors (Lipinski definition) is 1. The minimum atomic E-state index is -0.217. The fourth-order valence-corrected chi connectivity index (χ4v) is 2.92. The molecule has 1 fully saturated rings. The summed E-state index contributed by atoms with van der Waals surface area (Å²) < 4.78 is 6.83. The largest absolute Gasteiger partial charge is 0.454 e. The average molecular weight is 345 g/mol. The zero-order chi connectivity index (χ0) is 18.0. The molecule has 8 nitrogen and oxygen atoms in total. The summed E-state index contributed by atoms with van der Waals surface area (Å²) in [5, 5.41) is 4.23. The molecule has 1 aliphatic rings. The number of hydrogen-bond acceptors (Lipinski definition) is 6. The molecule has 0 saturated carbocycles. The van der Waals surface area contributed by atoms with Gasteiger partial charge in [-0.25, -0.2) is 4.68 Å². The number of amides is 1. The minimum absolute atomic E-state index is 0.186. The van der Waals surface area contributed by atoms with Gasteiger partial charge in [-0.15, -0.1) is 0 Å². The van der Waals surface area contributed by atoms with Crippen molar-refractivity contribution in [2.45, 2.75) is 13.0 Å². The third kappa shape index (κ3) is 3.74. The van der Waals surface area contributed by atoms with Gasteiger partial charge in [0.25, 0.3) is 11.5 Å². The Kier molecular flexibility index (Phi) is 4.89. The van der Waals surface area contributed by atoms with E-state index in [2.05, 4.69) is 10.00 Å². The Labute approximate surface area is 145 Å². The summed E-state index contributed by atoms with van der Waals surface area (Å²) in [7, 11) is 3.31. The van der Waals surface area contributed by atoms with Gasteiger partial charge in [0.1, 0.15) is 12.3 Å². The first-order valence-electron chi connectivity index (χ1n) is 8.30. The summed E-state index contributed by atoms with van der Waals surface area (Å²) in [6.45, 7) is 2.59. The lowest BCUT2D eigenvalue weighted by Gasteiger charge is -2.18. The number of carbonyl (C=O) groups is 1. The van der Waals surface area contributed by atoms with E-state index in [0.717, 1.165) is 25.2 Å². The summed E-state index contributed by atoms with van der Waals surface area (Å²) in [5.41, 5.74) is 6.33. The highest BCUT2D eigenvalue weighted by atomic mass is 16.4. The van der Waals surface area contributed by atoms with E-state index >= 15 is 0 Å². The highest BCUT2D eigenvalue weighted by Gasteiger charge is 2.22. The van der Waals surface area contributed by atoms with Gasteiger partial charge in [0.15, 0.2) is 5.76 Å². The van der Waals surface area contributed by atoms with Gasteiger partial charge in [0.05, 0.1) is 11.9 Å². The predicted octanol–water partition coefficient (Wildman–Crippen LogP) is 0.371. The van der Waals surface area contributed by atoms with Crippen molar-refractivity contribution in [2.75, 3.05) is 38.6 Å². The first kappa shape index (κ1) is 17.2. The zero-order valence-corrected chi connectivity index (χ0v) is 14.5. The smallest absolute Gasteiger partial charge is 0.289 e. The Morgan fingerprint density at radius 3 is 2.88 bits per heavy atom. The summed E-state index contributed by atoms with van der Waals surface area (Å²) in [5.74, 6) is 1.01. The number of furan rings is 1. The fraction of sp³-hybridized carbons (Fsp3) is 0.471. The van der Waals surface area contributed by atoms with E-state index in [1.54, 1.807) is 38.5 Å². The second-order valence-corrected chi connectivity index (χ2v) is 6.51. The van der Waals surface area contributed by atoms with Crippen molar-refractivity contribution in [3.8, 4) is 0 Å². The second kappa shape index (κ2) is 7.10. The molecular formula is C17H23N5O3. The van der Waals surface area contributed by atoms with Crippen LogP contribution in [-0.4, -0.2) is 54.3 Å². The molecule has 0 spiro atoms. The number of nitrogens with zero attached hydrogens (tertiary/aromatic N) is 4. The lowest BCUT2D eigenvalue weighted by atomic mass is 10.1. The molecule has 0 radical (unpaired) electrons. The van der Waals surface area contributed by atoms with Crippen molar-refractivity contribution in [3.63, 3.8) is 0 Å². The maximum Gasteiger partial charge on any atom is 0.289 e. The molecule has 0 aromatic carbocycles. The summed E-state index contributed by atoms with van der Waals surface area (Å²) in [6.07, 6.45) is 2.73. The molecule has 0 bridgehead atoms. The van der Waals surface area contributed by atoms with E-state index in [1.807, 2.05) is 0 Å². The van der Waals surface area contributed by atoms with Crippen LogP contribution < -0.4 is 16.2 Å². The molecule has 1 saturated heterocycles. The van der Waals surface area contributed by atoms with Gasteiger partial charge in [-0.3, -0.25) is 9.59 Å². The molecule has 0 unspecified atom stereocenters. The van der Waals surface area contributed by atoms with Crippen molar-refractivity contribution in [3.05, 3.63) is 46.3 Å². The standard InChI is InChI=1S/C17H23N5O3/c1-20(2)17(24)15-4-3-14(25-15)11-22-16(23)7-13(9-19-22)21-6-5-12(8-18)10-21/h3-4,7,9,12H,5-6,8,10-11,18H2,1-2H3/t12-/m0/s1. The third-order valence-electron chi connectivity index (χ3n) is 4.42. The average Bonchev–Trinajstić information content (AvgIpc) is 3.25. The molecule has 2 N–H and O–H groups in total. The van der Waals surface area contributed by atoms with E-state index in [1.165, 1.54) is 9.58 Å². The Morgan fingerprint density at radius 2 is 2.24 bits per heavy atom. The fourth-order valence-electron chi connectivity index (χ4n) is 2.92. The first-order chi connectivity index (χ1) is 12.0. The Bertz CT molecular complexity index is 811. The highest BCUT2D eigenvalue weighted by Crippen LogP contribution is 2.21. The van der Waals surface area contributed by atoms with Gasteiger partial charge in [0.2, 0.25) is 0 Å². The Hall–Kier alpha value is -2.61. The quantitative estimate of drug-likeness (QED) is 0.841. The highest BCUT2D eigenvalue weighted by molar-refractivity contribution is 5.91. The molecule has 8 heteroatoms. The molecule has 0 aliphatic carbocycles. The van der Waals surface area contributed by atoms with E-state index in [-0.39, 0.29) is 23.8 Å². The van der Waals surface area contributed by atoms with E-state index in [4.69, 9.17) is 10.2 Å². The molecule has 3 heterocycles. The van der Waals surface area contributed by atoms with Crippen LogP contribution in [0.25, 0.3) is 0 Å². The Balaban J connectivity index is 1.72. The zero-order valence-electron chi connectivity index (χ0n) is 14.5. The number of aromatic nitrogens is 2. The van der Waals surface area contributed by atoms with Crippen molar-refractivity contribution in [2.24, 2.45) is 11.7 Å². The molecule has 25 heavy (non-hydrogen) atoms. The van der Waals surface area contributed by atoms with Crippen LogP contribution >= 0.6 is 0 Å². The molecule has 1 aliphatic heterocycles. The summed E-state index contributed by atoms with van der Waals surface area (Å²) in [4.78, 5) is 27.8. The molecule has 3 rings (SSSR count). The topological polar surface area (TPSA) is 97.6 Å². The van der Waals surface area contributed by atoms with Crippen LogP contribution in [0.3, 0.4) is 0 Å². The van der Waals surface area contributed by atoms with Gasteiger partial charge in [-0.1, -0.05) is 0 Å². The molecule has 2 aromatic heterocycles. The maximum atomic E-state index is 12.3. The van der Waals surface area contributed by atoms with Crippen molar-refractivity contribution >= 4 is 11.6 Å². The number of rotatable bonds is 5. The summed E-state index contributed by atoms with van der Waals surface area (Å²) >= 11 is 0. The van der Waals surface area contributed by atoms with E-state index < -0.39 is 0 Å². The molecule has 1 atom stereocenters. The van der Waals surface area contributed by atoms with Gasteiger partial charge < -0.3 is 20.0 Å². The van der Waals surface area contributed by atoms with Crippen LogP contribution in [0.15, 0.2) is 33.6 Å². The number of carbonyl (C=O) groups excluding carboxylic acids is 1. The minimum Gasteiger partial charge on any atom is -0.454 e. The van der Waals surface area contributed by atoms with Crippen LogP contribution in [0.4, 0.5) is 5.69 Å². The monoisotopic (exact) mass is 345 g/mol. The van der Waals surface area contributed by atoms with Crippen LogP contribution in [0.5, 0.6) is 0 Å². The van der Waals surface area contributed by atoms with Gasteiger partial charge in [-0.05, 0) is 31.0 Å². The normalized spacial score (nSPS) is 17.1. The van der Waals surface area contributed by atoms with Crippen LogP contribution in [0.2, 0.25) is 0 Å². The molecule has 134 valence electrons. The third-order valence-corrected chi connectivity index (χ3v) is 4.42. The van der Waals surface area contributed by atoms with Gasteiger partial charge in [-0.2, -0.15) is 5.10 Å². The second-order valence-electron chi connectivity index (χ2n) is 6.51. The lowest BCUT2D eigenvalue weighted by Crippen LogP contribution is -2.27. The number of anilines is 1. The first-order valence-corrected chi connectivity index (χ1v) is 8.30. The maximum absolute atomic E-state index is 12.3. The number of nitrogens with two attached hydrogens (primary N) is 1.